The van der Waals surface area contributed by atoms with E-state index in [-0.39, 0.29) is 23.8 Å². The van der Waals surface area contributed by atoms with Gasteiger partial charge in [0, 0.05) is 24.2 Å². The van der Waals surface area contributed by atoms with Crippen molar-refractivity contribution in [3.63, 3.8) is 0 Å². The van der Waals surface area contributed by atoms with Crippen molar-refractivity contribution in [2.75, 3.05) is 18.4 Å². The minimum absolute atomic E-state index is 0.118. The van der Waals surface area contributed by atoms with Crippen LogP contribution in [0, 0.1) is 10.1 Å². The van der Waals surface area contributed by atoms with Gasteiger partial charge < -0.3 is 15.3 Å². The number of carboxylic acid groups (broad SMARTS) is 1. The van der Waals surface area contributed by atoms with Gasteiger partial charge in [0.2, 0.25) is 0 Å². The second-order valence-electron chi connectivity index (χ2n) is 5.53. The third-order valence-electron chi connectivity index (χ3n) is 3.49. The molecule has 0 saturated heterocycles. The molecule has 2 N–H and O–H groups in total. The van der Waals surface area contributed by atoms with Crippen LogP contribution in [0.5, 0.6) is 0 Å². The van der Waals surface area contributed by atoms with Crippen LogP contribution >= 0.6 is 0 Å². The van der Waals surface area contributed by atoms with E-state index >= 15 is 0 Å². The lowest BCUT2D eigenvalue weighted by Gasteiger charge is -2.20. The molecular weight excluding hydrogens is 302 g/mol. The van der Waals surface area contributed by atoms with Gasteiger partial charge in [-0.1, -0.05) is 6.92 Å². The first-order valence-electron chi connectivity index (χ1n) is 7.48. The molecule has 1 amide bonds. The summed E-state index contributed by atoms with van der Waals surface area (Å²) in [5.41, 5.74) is 0.330. The van der Waals surface area contributed by atoms with Gasteiger partial charge in [-0.15, -0.1) is 0 Å². The summed E-state index contributed by atoms with van der Waals surface area (Å²) >= 11 is 0. The molecule has 0 heterocycles. The van der Waals surface area contributed by atoms with Gasteiger partial charge in [-0.2, -0.15) is 0 Å². The molecule has 1 saturated carbocycles. The van der Waals surface area contributed by atoms with E-state index in [2.05, 4.69) is 5.32 Å². The molecule has 1 fully saturated rings. The highest BCUT2D eigenvalue weighted by atomic mass is 16.6. The summed E-state index contributed by atoms with van der Waals surface area (Å²) in [7, 11) is 0. The smallest absolute Gasteiger partial charge is 0.323 e. The standard InChI is InChI=1S/C15H19N3O5/c1-2-7-17(9-14(19)20)15(21)10-3-6-12(16-11-4-5-11)13(8-10)18(22)23/h3,6,8,11,16H,2,4-5,7,9H2,1H3,(H,19,20). The molecule has 1 aromatic rings. The zero-order valence-electron chi connectivity index (χ0n) is 12.8. The van der Waals surface area contributed by atoms with Gasteiger partial charge in [-0.05, 0) is 31.4 Å². The van der Waals surface area contributed by atoms with E-state index in [0.29, 0.717) is 12.1 Å². The van der Waals surface area contributed by atoms with Gasteiger partial charge in [0.25, 0.3) is 11.6 Å². The predicted molar refractivity (Wildman–Crippen MR) is 83.6 cm³/mol. The van der Waals surface area contributed by atoms with Crippen molar-refractivity contribution in [1.82, 2.24) is 4.90 Å². The number of carbonyl (C=O) groups is 2. The number of aliphatic carboxylic acids is 1. The summed E-state index contributed by atoms with van der Waals surface area (Å²) in [6, 6.07) is 4.45. The average molecular weight is 321 g/mol. The minimum Gasteiger partial charge on any atom is -0.480 e. The second-order valence-corrected chi connectivity index (χ2v) is 5.53. The van der Waals surface area contributed by atoms with Gasteiger partial charge in [-0.3, -0.25) is 19.7 Å². The minimum atomic E-state index is -1.12. The number of nitrogens with zero attached hydrogens (tertiary/aromatic N) is 2. The Hall–Kier alpha value is -2.64. The molecule has 2 rings (SSSR count). The van der Waals surface area contributed by atoms with E-state index in [0.717, 1.165) is 12.8 Å². The number of anilines is 1. The number of nitro groups is 1. The molecular formula is C15H19N3O5. The van der Waals surface area contributed by atoms with Crippen molar-refractivity contribution in [2.45, 2.75) is 32.2 Å². The van der Waals surface area contributed by atoms with Crippen LogP contribution in [0.2, 0.25) is 0 Å². The van der Waals surface area contributed by atoms with Crippen LogP contribution in [0.15, 0.2) is 18.2 Å². The third kappa shape index (κ3) is 4.41. The molecule has 124 valence electrons. The van der Waals surface area contributed by atoms with Crippen molar-refractivity contribution in [2.24, 2.45) is 0 Å². The number of nitro benzene ring substituents is 1. The predicted octanol–water partition coefficient (Wildman–Crippen LogP) is 2.11. The first-order chi connectivity index (χ1) is 10.9. The van der Waals surface area contributed by atoms with Crippen molar-refractivity contribution >= 4 is 23.3 Å². The summed E-state index contributed by atoms with van der Waals surface area (Å²) in [4.78, 5) is 35.1. The number of hydrogen-bond acceptors (Lipinski definition) is 5. The Bertz CT molecular complexity index is 628. The molecule has 0 bridgehead atoms. The Morgan fingerprint density at radius 2 is 2.13 bits per heavy atom. The molecule has 0 unspecified atom stereocenters. The normalized spacial score (nSPS) is 13.4. The quantitative estimate of drug-likeness (QED) is 0.560. The van der Waals surface area contributed by atoms with Gasteiger partial charge >= 0.3 is 5.97 Å². The van der Waals surface area contributed by atoms with E-state index in [1.54, 1.807) is 0 Å². The molecule has 1 aliphatic carbocycles. The molecule has 0 aliphatic heterocycles. The summed E-state index contributed by atoms with van der Waals surface area (Å²) in [6.45, 7) is 1.68. The largest absolute Gasteiger partial charge is 0.480 e. The van der Waals surface area contributed by atoms with E-state index in [9.17, 15) is 19.7 Å². The maximum absolute atomic E-state index is 12.4. The summed E-state index contributed by atoms with van der Waals surface area (Å²) in [5, 5.41) is 23.2. The lowest BCUT2D eigenvalue weighted by atomic mass is 10.1. The van der Waals surface area contributed by atoms with Crippen LogP contribution < -0.4 is 5.32 Å². The molecule has 0 aromatic heterocycles. The third-order valence-corrected chi connectivity index (χ3v) is 3.49. The number of rotatable bonds is 8. The van der Waals surface area contributed by atoms with E-state index in [1.807, 2.05) is 6.92 Å². The molecule has 0 atom stereocenters. The summed E-state index contributed by atoms with van der Waals surface area (Å²) in [6.07, 6.45) is 2.55. The Labute approximate surface area is 133 Å². The SMILES string of the molecule is CCCN(CC(=O)O)C(=O)c1ccc(NC2CC2)c([N+](=O)[O-])c1. The summed E-state index contributed by atoms with van der Waals surface area (Å²) < 4.78 is 0. The highest BCUT2D eigenvalue weighted by Crippen LogP contribution is 2.31. The number of hydrogen-bond donors (Lipinski definition) is 2. The van der Waals surface area contributed by atoms with Crippen LogP contribution in [-0.4, -0.2) is 45.9 Å². The van der Waals surface area contributed by atoms with Gasteiger partial charge in [0.1, 0.15) is 12.2 Å². The molecule has 8 nitrogen and oxygen atoms in total. The van der Waals surface area contributed by atoms with Crippen molar-refractivity contribution < 1.29 is 19.6 Å². The van der Waals surface area contributed by atoms with E-state index < -0.39 is 23.3 Å². The van der Waals surface area contributed by atoms with Crippen molar-refractivity contribution in [1.29, 1.82) is 0 Å². The molecule has 23 heavy (non-hydrogen) atoms. The first-order valence-corrected chi connectivity index (χ1v) is 7.48. The Balaban J connectivity index is 2.26. The zero-order valence-corrected chi connectivity index (χ0v) is 12.8. The van der Waals surface area contributed by atoms with Crippen LogP contribution in [0.3, 0.4) is 0 Å². The summed E-state index contributed by atoms with van der Waals surface area (Å²) in [5.74, 6) is -1.64. The van der Waals surface area contributed by atoms with E-state index in [4.69, 9.17) is 5.11 Å². The van der Waals surface area contributed by atoms with Crippen LogP contribution in [0.4, 0.5) is 11.4 Å². The van der Waals surface area contributed by atoms with Crippen LogP contribution in [-0.2, 0) is 4.79 Å². The Kier molecular flexibility index (Phi) is 5.15. The Morgan fingerprint density at radius 3 is 2.65 bits per heavy atom. The molecule has 0 spiro atoms. The topological polar surface area (TPSA) is 113 Å². The average Bonchev–Trinajstić information content (AvgIpc) is 3.30. The Morgan fingerprint density at radius 1 is 1.43 bits per heavy atom. The first kappa shape index (κ1) is 16.7. The van der Waals surface area contributed by atoms with Crippen molar-refractivity contribution in [3.05, 3.63) is 33.9 Å². The van der Waals surface area contributed by atoms with Gasteiger partial charge in [0.05, 0.1) is 4.92 Å². The van der Waals surface area contributed by atoms with Crippen LogP contribution in [0.1, 0.15) is 36.5 Å². The molecule has 1 aliphatic rings. The number of carboxylic acids is 1. The zero-order chi connectivity index (χ0) is 17.0. The lowest BCUT2D eigenvalue weighted by Crippen LogP contribution is -2.36. The van der Waals surface area contributed by atoms with Gasteiger partial charge in [0.15, 0.2) is 0 Å². The van der Waals surface area contributed by atoms with Crippen molar-refractivity contribution in [3.8, 4) is 0 Å². The number of amides is 1. The maximum Gasteiger partial charge on any atom is 0.323 e. The number of carbonyl (C=O) groups excluding carboxylic acids is 1. The lowest BCUT2D eigenvalue weighted by molar-refractivity contribution is -0.384. The fourth-order valence-corrected chi connectivity index (χ4v) is 2.25. The molecule has 8 heteroatoms. The fourth-order valence-electron chi connectivity index (χ4n) is 2.25. The fraction of sp³-hybridized carbons (Fsp3) is 0.467. The highest BCUT2D eigenvalue weighted by Gasteiger charge is 2.26. The number of benzene rings is 1. The number of nitrogens with one attached hydrogen (secondary N) is 1. The molecule has 1 aromatic carbocycles. The monoisotopic (exact) mass is 321 g/mol. The van der Waals surface area contributed by atoms with E-state index in [1.165, 1.54) is 23.1 Å². The maximum atomic E-state index is 12.4. The highest BCUT2D eigenvalue weighted by molar-refractivity contribution is 5.97. The van der Waals surface area contributed by atoms with Gasteiger partial charge in [-0.25, -0.2) is 0 Å². The molecule has 0 radical (unpaired) electrons. The second kappa shape index (κ2) is 7.08. The van der Waals surface area contributed by atoms with Crippen LogP contribution in [0.25, 0.3) is 0 Å².